The van der Waals surface area contributed by atoms with Crippen molar-refractivity contribution in [3.63, 3.8) is 0 Å². The highest BCUT2D eigenvalue weighted by Gasteiger charge is 2.13. The van der Waals surface area contributed by atoms with Gasteiger partial charge in [-0.3, -0.25) is 9.59 Å². The Hall–Kier alpha value is -5.50. The van der Waals surface area contributed by atoms with E-state index in [4.69, 9.17) is 0 Å². The minimum atomic E-state index is -0.311. The summed E-state index contributed by atoms with van der Waals surface area (Å²) in [5, 5.41) is 9.64. The van der Waals surface area contributed by atoms with Crippen molar-refractivity contribution in [3.05, 3.63) is 130 Å². The zero-order valence-electron chi connectivity index (χ0n) is 20.0. The Labute approximate surface area is 216 Å². The van der Waals surface area contributed by atoms with Gasteiger partial charge >= 0.3 is 0 Å². The standard InChI is InChI=1S/C30H20N6O2/c37-29-23-15-7-9-17-25(23)33-27(21-11-3-1-4-12-21)35(29)31-19-20-32-36-28(22-13-5-2-6-14-22)34-26-18-10-8-16-24(26)30(36)38/h1-20H. The normalized spacial score (nSPS) is 11.7. The number of nitrogens with zero attached hydrogens (tertiary/aromatic N) is 6. The molecule has 0 atom stereocenters. The van der Waals surface area contributed by atoms with E-state index in [2.05, 4.69) is 20.2 Å². The number of hydrogen-bond acceptors (Lipinski definition) is 6. The van der Waals surface area contributed by atoms with Crippen LogP contribution in [0.1, 0.15) is 0 Å². The van der Waals surface area contributed by atoms with E-state index in [1.54, 1.807) is 36.4 Å². The molecule has 0 aliphatic rings. The van der Waals surface area contributed by atoms with Gasteiger partial charge in [-0.25, -0.2) is 9.97 Å². The van der Waals surface area contributed by atoms with Crippen molar-refractivity contribution in [2.45, 2.75) is 0 Å². The molecular weight excluding hydrogens is 476 g/mol. The third-order valence-corrected chi connectivity index (χ3v) is 6.00. The quantitative estimate of drug-likeness (QED) is 0.320. The van der Waals surface area contributed by atoms with Gasteiger partial charge < -0.3 is 0 Å². The average Bonchev–Trinajstić information content (AvgIpc) is 2.98. The lowest BCUT2D eigenvalue weighted by atomic mass is 10.2. The monoisotopic (exact) mass is 496 g/mol. The molecule has 0 spiro atoms. The van der Waals surface area contributed by atoms with Crippen molar-refractivity contribution < 1.29 is 0 Å². The van der Waals surface area contributed by atoms with Gasteiger partial charge in [0.25, 0.3) is 11.1 Å². The molecule has 0 aliphatic carbocycles. The topological polar surface area (TPSA) is 94.5 Å². The first-order valence-corrected chi connectivity index (χ1v) is 11.9. The lowest BCUT2D eigenvalue weighted by Gasteiger charge is -2.09. The third kappa shape index (κ3) is 4.20. The maximum atomic E-state index is 13.3. The van der Waals surface area contributed by atoms with Crippen LogP contribution in [-0.4, -0.2) is 31.7 Å². The van der Waals surface area contributed by atoms with Gasteiger partial charge in [-0.15, -0.1) is 0 Å². The Balaban J connectivity index is 1.47. The number of benzene rings is 4. The molecule has 0 fully saturated rings. The largest absolute Gasteiger partial charge is 0.282 e. The van der Waals surface area contributed by atoms with Gasteiger partial charge in [0.1, 0.15) is 0 Å². The van der Waals surface area contributed by atoms with Gasteiger partial charge in [0, 0.05) is 11.1 Å². The van der Waals surface area contributed by atoms with E-state index in [9.17, 15) is 9.59 Å². The van der Waals surface area contributed by atoms with E-state index in [0.717, 1.165) is 11.1 Å². The number of rotatable bonds is 5. The molecule has 6 aromatic rings. The van der Waals surface area contributed by atoms with Crippen molar-refractivity contribution in [2.75, 3.05) is 0 Å². The van der Waals surface area contributed by atoms with Crippen LogP contribution in [0.3, 0.4) is 0 Å². The average molecular weight is 497 g/mol. The summed E-state index contributed by atoms with van der Waals surface area (Å²) < 4.78 is 2.48. The molecule has 0 N–H and O–H groups in total. The van der Waals surface area contributed by atoms with E-state index in [0.29, 0.717) is 33.5 Å². The van der Waals surface area contributed by atoms with E-state index in [1.807, 2.05) is 72.8 Å². The van der Waals surface area contributed by atoms with Gasteiger partial charge in [-0.1, -0.05) is 84.9 Å². The second-order valence-corrected chi connectivity index (χ2v) is 8.40. The molecule has 8 heteroatoms. The summed E-state index contributed by atoms with van der Waals surface area (Å²) in [6.45, 7) is 0. The molecule has 0 saturated heterocycles. The predicted molar refractivity (Wildman–Crippen MR) is 151 cm³/mol. The molecule has 38 heavy (non-hydrogen) atoms. The maximum absolute atomic E-state index is 13.3. The first-order chi connectivity index (χ1) is 18.7. The zero-order valence-corrected chi connectivity index (χ0v) is 20.0. The minimum absolute atomic E-state index is 0.311. The van der Waals surface area contributed by atoms with Crippen LogP contribution in [0.5, 0.6) is 0 Å². The summed E-state index contributed by atoms with van der Waals surface area (Å²) in [4.78, 5) is 36.0. The fourth-order valence-electron chi connectivity index (χ4n) is 4.20. The van der Waals surface area contributed by atoms with Crippen LogP contribution >= 0.6 is 0 Å². The van der Waals surface area contributed by atoms with Crippen molar-refractivity contribution in [1.29, 1.82) is 0 Å². The predicted octanol–water partition coefficient (Wildman–Crippen LogP) is 4.81. The fourth-order valence-corrected chi connectivity index (χ4v) is 4.20. The van der Waals surface area contributed by atoms with Crippen molar-refractivity contribution in [1.82, 2.24) is 19.3 Å². The molecule has 0 amide bonds. The van der Waals surface area contributed by atoms with E-state index in [-0.39, 0.29) is 11.1 Å². The maximum Gasteiger partial charge on any atom is 0.282 e. The van der Waals surface area contributed by atoms with Crippen molar-refractivity contribution >= 4 is 34.2 Å². The summed E-state index contributed by atoms with van der Waals surface area (Å²) in [6, 6.07) is 33.0. The van der Waals surface area contributed by atoms with Crippen molar-refractivity contribution in [3.8, 4) is 22.8 Å². The van der Waals surface area contributed by atoms with E-state index in [1.165, 1.54) is 21.8 Å². The van der Waals surface area contributed by atoms with Gasteiger partial charge in [-0.2, -0.15) is 19.6 Å². The molecule has 8 nitrogen and oxygen atoms in total. The first-order valence-electron chi connectivity index (χ1n) is 11.9. The third-order valence-electron chi connectivity index (χ3n) is 6.00. The van der Waals surface area contributed by atoms with Crippen LogP contribution in [0.15, 0.2) is 129 Å². The second-order valence-electron chi connectivity index (χ2n) is 8.40. The Kier molecular flexibility index (Phi) is 5.95. The Morgan fingerprint density at radius 1 is 0.500 bits per heavy atom. The second kappa shape index (κ2) is 9.87. The summed E-state index contributed by atoms with van der Waals surface area (Å²) in [7, 11) is 0. The highest BCUT2D eigenvalue weighted by molar-refractivity contribution is 6.16. The molecule has 6 rings (SSSR count). The molecule has 0 aliphatic heterocycles. The van der Waals surface area contributed by atoms with E-state index < -0.39 is 0 Å². The highest BCUT2D eigenvalue weighted by Crippen LogP contribution is 2.19. The highest BCUT2D eigenvalue weighted by atomic mass is 16.1. The van der Waals surface area contributed by atoms with Gasteiger partial charge in [-0.05, 0) is 24.3 Å². The number of fused-ring (bicyclic) bond motifs is 2. The number of hydrogen-bond donors (Lipinski definition) is 0. The fraction of sp³-hybridized carbons (Fsp3) is 0. The summed E-state index contributed by atoms with van der Waals surface area (Å²) in [6.07, 6.45) is 2.72. The Bertz CT molecular complexity index is 1810. The molecule has 4 aromatic carbocycles. The Morgan fingerprint density at radius 3 is 1.29 bits per heavy atom. The van der Waals surface area contributed by atoms with Crippen molar-refractivity contribution in [2.24, 2.45) is 10.2 Å². The Morgan fingerprint density at radius 2 is 0.868 bits per heavy atom. The smallest absolute Gasteiger partial charge is 0.267 e. The lowest BCUT2D eigenvalue weighted by Crippen LogP contribution is -2.21. The molecule has 0 saturated carbocycles. The van der Waals surface area contributed by atoms with Crippen LogP contribution < -0.4 is 11.1 Å². The molecular formula is C30H20N6O2. The van der Waals surface area contributed by atoms with Crippen LogP contribution in [0.2, 0.25) is 0 Å². The molecule has 0 radical (unpaired) electrons. The summed E-state index contributed by atoms with van der Waals surface area (Å²) in [5.41, 5.74) is 2.02. The molecule has 0 bridgehead atoms. The molecule has 2 aromatic heterocycles. The molecule has 2 heterocycles. The van der Waals surface area contributed by atoms with Gasteiger partial charge in [0.15, 0.2) is 11.6 Å². The van der Waals surface area contributed by atoms with Gasteiger partial charge in [0.05, 0.1) is 34.2 Å². The van der Waals surface area contributed by atoms with Crippen LogP contribution in [0, 0.1) is 0 Å². The van der Waals surface area contributed by atoms with Gasteiger partial charge in [0.2, 0.25) is 0 Å². The first kappa shape index (κ1) is 22.9. The van der Waals surface area contributed by atoms with Crippen LogP contribution in [-0.2, 0) is 0 Å². The van der Waals surface area contributed by atoms with Crippen LogP contribution in [0.4, 0.5) is 0 Å². The molecule has 0 unspecified atom stereocenters. The summed E-state index contributed by atoms with van der Waals surface area (Å²) in [5.74, 6) is 0.793. The van der Waals surface area contributed by atoms with Crippen LogP contribution in [0.25, 0.3) is 44.6 Å². The zero-order chi connectivity index (χ0) is 25.9. The number of para-hydroxylation sites is 2. The number of aromatic nitrogens is 4. The minimum Gasteiger partial charge on any atom is -0.267 e. The van der Waals surface area contributed by atoms with E-state index >= 15 is 0 Å². The lowest BCUT2D eigenvalue weighted by molar-refractivity contribution is 0.824. The molecule has 182 valence electrons. The summed E-state index contributed by atoms with van der Waals surface area (Å²) >= 11 is 0. The SMILES string of the molecule is O=c1c2ccccc2nc(-c2ccccc2)n1N=CC=Nn1c(-c2ccccc2)nc2ccccc2c1=O.